The maximum absolute atomic E-state index is 11.8. The van der Waals surface area contributed by atoms with Gasteiger partial charge in [0.1, 0.15) is 12.4 Å². The lowest BCUT2D eigenvalue weighted by Crippen LogP contribution is -2.14. The summed E-state index contributed by atoms with van der Waals surface area (Å²) in [4.78, 5) is 15.5. The molecule has 0 spiro atoms. The van der Waals surface area contributed by atoms with E-state index in [-0.39, 0.29) is 6.61 Å². The zero-order valence-electron chi connectivity index (χ0n) is 10.8. The summed E-state index contributed by atoms with van der Waals surface area (Å²) in [5, 5.41) is 2.91. The predicted octanol–water partition coefficient (Wildman–Crippen LogP) is 1.87. The smallest absolute Gasteiger partial charge is 0.339 e. The molecule has 0 aromatic carbocycles. The zero-order valence-corrected chi connectivity index (χ0v) is 10.8. The number of aromatic nitrogens is 1. The third-order valence-electron chi connectivity index (χ3n) is 2.29. The van der Waals surface area contributed by atoms with Gasteiger partial charge in [0.05, 0.1) is 25.0 Å². The summed E-state index contributed by atoms with van der Waals surface area (Å²) in [6.45, 7) is 1.63. The lowest BCUT2D eigenvalue weighted by molar-refractivity contribution is 0.0215. The number of aryl methyl sites for hydroxylation is 1. The van der Waals surface area contributed by atoms with Crippen LogP contribution in [0, 0.1) is 6.92 Å². The molecule has 1 N–H and O–H groups in total. The van der Waals surface area contributed by atoms with E-state index >= 15 is 0 Å². The van der Waals surface area contributed by atoms with Gasteiger partial charge in [-0.1, -0.05) is 0 Å². The second-order valence-corrected chi connectivity index (χ2v) is 3.71. The van der Waals surface area contributed by atoms with Crippen LogP contribution in [0.1, 0.15) is 16.1 Å². The third-order valence-corrected chi connectivity index (χ3v) is 2.29. The number of anilines is 1. The summed E-state index contributed by atoms with van der Waals surface area (Å²) in [6, 6.07) is 3.21. The van der Waals surface area contributed by atoms with Crippen molar-refractivity contribution >= 4 is 11.8 Å². The topological polar surface area (TPSA) is 60.5 Å². The van der Waals surface area contributed by atoms with Gasteiger partial charge < -0.3 is 14.8 Å². The standard InChI is InChI=1S/C12H16F2N2O3/c1-8-9(12(17)18-2)3-4-11(16-8)15-5-6-19-7-10(13)14/h3-4,10H,5-7H2,1-2H3,(H,15,16). The summed E-state index contributed by atoms with van der Waals surface area (Å²) in [6.07, 6.45) is -2.46. The van der Waals surface area contributed by atoms with E-state index in [1.807, 2.05) is 0 Å². The van der Waals surface area contributed by atoms with E-state index in [0.29, 0.717) is 23.6 Å². The van der Waals surface area contributed by atoms with Crippen LogP contribution >= 0.6 is 0 Å². The first kappa shape index (κ1) is 15.3. The first-order valence-corrected chi connectivity index (χ1v) is 5.70. The Bertz CT molecular complexity index is 427. The number of pyridine rings is 1. The second kappa shape index (κ2) is 7.63. The van der Waals surface area contributed by atoms with E-state index in [1.165, 1.54) is 7.11 Å². The molecule has 5 nitrogen and oxygen atoms in total. The third kappa shape index (κ3) is 5.17. The van der Waals surface area contributed by atoms with E-state index in [0.717, 1.165) is 0 Å². The Balaban J connectivity index is 2.43. The highest BCUT2D eigenvalue weighted by molar-refractivity contribution is 5.90. The number of carbonyl (C=O) groups is 1. The Hall–Kier alpha value is -1.76. The van der Waals surface area contributed by atoms with Crippen molar-refractivity contribution in [2.75, 3.05) is 32.2 Å². The molecule has 1 aromatic heterocycles. The molecule has 0 aliphatic rings. The normalized spacial score (nSPS) is 10.6. The molecule has 0 aliphatic heterocycles. The molecule has 1 aromatic rings. The van der Waals surface area contributed by atoms with Gasteiger partial charge in [0.15, 0.2) is 0 Å². The van der Waals surface area contributed by atoms with E-state index in [9.17, 15) is 13.6 Å². The molecule has 19 heavy (non-hydrogen) atoms. The van der Waals surface area contributed by atoms with Gasteiger partial charge in [-0.25, -0.2) is 18.6 Å². The zero-order chi connectivity index (χ0) is 14.3. The fourth-order valence-corrected chi connectivity index (χ4v) is 1.41. The Kier molecular flexibility index (Phi) is 6.14. The molecule has 7 heteroatoms. The van der Waals surface area contributed by atoms with Crippen LogP contribution < -0.4 is 5.32 Å². The maximum atomic E-state index is 11.8. The summed E-state index contributed by atoms with van der Waals surface area (Å²) >= 11 is 0. The van der Waals surface area contributed by atoms with Crippen molar-refractivity contribution in [3.63, 3.8) is 0 Å². The van der Waals surface area contributed by atoms with Gasteiger partial charge in [0.2, 0.25) is 0 Å². The molecular formula is C12H16F2N2O3. The number of esters is 1. The second-order valence-electron chi connectivity index (χ2n) is 3.71. The van der Waals surface area contributed by atoms with E-state index in [1.54, 1.807) is 19.1 Å². The van der Waals surface area contributed by atoms with Gasteiger partial charge in [-0.05, 0) is 19.1 Å². The van der Waals surface area contributed by atoms with Crippen LogP contribution in [0.25, 0.3) is 0 Å². The van der Waals surface area contributed by atoms with E-state index in [2.05, 4.69) is 15.0 Å². The minimum absolute atomic E-state index is 0.157. The molecule has 0 bridgehead atoms. The Labute approximate surface area is 109 Å². The summed E-state index contributed by atoms with van der Waals surface area (Å²) < 4.78 is 32.9. The molecule has 0 saturated heterocycles. The lowest BCUT2D eigenvalue weighted by Gasteiger charge is -2.09. The molecular weight excluding hydrogens is 258 g/mol. The Morgan fingerprint density at radius 3 is 2.79 bits per heavy atom. The lowest BCUT2D eigenvalue weighted by atomic mass is 10.2. The number of hydrogen-bond donors (Lipinski definition) is 1. The number of methoxy groups -OCH3 is 1. The van der Waals surface area contributed by atoms with Gasteiger partial charge in [-0.15, -0.1) is 0 Å². The number of nitrogens with one attached hydrogen (secondary N) is 1. The van der Waals surface area contributed by atoms with Crippen LogP contribution in [-0.2, 0) is 9.47 Å². The predicted molar refractivity (Wildman–Crippen MR) is 65.6 cm³/mol. The summed E-state index contributed by atoms with van der Waals surface area (Å²) in [7, 11) is 1.30. The van der Waals surface area contributed by atoms with Crippen molar-refractivity contribution in [3.8, 4) is 0 Å². The number of carbonyl (C=O) groups excluding carboxylic acids is 1. The number of rotatable bonds is 7. The van der Waals surface area contributed by atoms with Crippen LogP contribution in [0.15, 0.2) is 12.1 Å². The number of alkyl halides is 2. The molecule has 1 rings (SSSR count). The quantitative estimate of drug-likeness (QED) is 0.607. The van der Waals surface area contributed by atoms with Crippen molar-refractivity contribution in [2.45, 2.75) is 13.3 Å². The minimum atomic E-state index is -2.46. The molecule has 0 unspecified atom stereocenters. The molecule has 0 amide bonds. The molecule has 0 radical (unpaired) electrons. The van der Waals surface area contributed by atoms with Crippen molar-refractivity contribution in [1.29, 1.82) is 0 Å². The highest BCUT2D eigenvalue weighted by Gasteiger charge is 2.10. The van der Waals surface area contributed by atoms with Crippen LogP contribution in [0.5, 0.6) is 0 Å². The average molecular weight is 274 g/mol. The van der Waals surface area contributed by atoms with Crippen LogP contribution in [-0.4, -0.2) is 44.2 Å². The number of ether oxygens (including phenoxy) is 2. The van der Waals surface area contributed by atoms with Crippen molar-refractivity contribution in [1.82, 2.24) is 4.98 Å². The number of halogens is 2. The first-order chi connectivity index (χ1) is 9.04. The van der Waals surface area contributed by atoms with Crippen molar-refractivity contribution in [2.24, 2.45) is 0 Å². The number of nitrogens with zero attached hydrogens (tertiary/aromatic N) is 1. The van der Waals surface area contributed by atoms with E-state index < -0.39 is 19.0 Å². The van der Waals surface area contributed by atoms with Gasteiger partial charge >= 0.3 is 5.97 Å². The molecule has 0 atom stereocenters. The molecule has 1 heterocycles. The Morgan fingerprint density at radius 2 is 2.21 bits per heavy atom. The van der Waals surface area contributed by atoms with Gasteiger partial charge in [-0.2, -0.15) is 0 Å². The largest absolute Gasteiger partial charge is 0.465 e. The van der Waals surface area contributed by atoms with Crippen LogP contribution in [0.4, 0.5) is 14.6 Å². The maximum Gasteiger partial charge on any atom is 0.339 e. The fraction of sp³-hybridized carbons (Fsp3) is 0.500. The highest BCUT2D eigenvalue weighted by atomic mass is 19.3. The Morgan fingerprint density at radius 1 is 1.47 bits per heavy atom. The van der Waals surface area contributed by atoms with Gasteiger partial charge in [0, 0.05) is 6.54 Å². The van der Waals surface area contributed by atoms with Crippen molar-refractivity contribution in [3.05, 3.63) is 23.4 Å². The molecule has 0 fully saturated rings. The molecule has 106 valence electrons. The van der Waals surface area contributed by atoms with Gasteiger partial charge in [0.25, 0.3) is 6.43 Å². The summed E-state index contributed by atoms with van der Waals surface area (Å²) in [5.41, 5.74) is 0.923. The average Bonchev–Trinajstić information content (AvgIpc) is 2.37. The first-order valence-electron chi connectivity index (χ1n) is 5.70. The van der Waals surface area contributed by atoms with Crippen molar-refractivity contribution < 1.29 is 23.0 Å². The highest BCUT2D eigenvalue weighted by Crippen LogP contribution is 2.11. The van der Waals surface area contributed by atoms with Crippen LogP contribution in [0.3, 0.4) is 0 Å². The fourth-order valence-electron chi connectivity index (χ4n) is 1.41. The van der Waals surface area contributed by atoms with E-state index in [4.69, 9.17) is 4.74 Å². The van der Waals surface area contributed by atoms with Gasteiger partial charge in [-0.3, -0.25) is 0 Å². The molecule has 0 saturated carbocycles. The summed E-state index contributed by atoms with van der Waals surface area (Å²) in [5.74, 6) is 0.0996. The monoisotopic (exact) mass is 274 g/mol. The number of hydrogen-bond acceptors (Lipinski definition) is 5. The SMILES string of the molecule is COC(=O)c1ccc(NCCOCC(F)F)nc1C. The minimum Gasteiger partial charge on any atom is -0.465 e. The molecule has 0 aliphatic carbocycles. The van der Waals surface area contributed by atoms with Crippen LogP contribution in [0.2, 0.25) is 0 Å².